The molecule has 0 saturated heterocycles. The summed E-state index contributed by atoms with van der Waals surface area (Å²) in [5, 5.41) is 15.6. The summed E-state index contributed by atoms with van der Waals surface area (Å²) in [6.07, 6.45) is 3.85. The number of anilines is 1. The Morgan fingerprint density at radius 3 is 2.61 bits per heavy atom. The summed E-state index contributed by atoms with van der Waals surface area (Å²) in [4.78, 5) is 0. The van der Waals surface area contributed by atoms with Crippen LogP contribution in [0.2, 0.25) is 0 Å². The first-order valence-corrected chi connectivity index (χ1v) is 6.77. The Bertz CT molecular complexity index is 560. The monoisotopic (exact) mass is 241 g/mol. The number of phenols is 1. The molecule has 0 radical (unpaired) electrons. The van der Waals surface area contributed by atoms with Gasteiger partial charge in [0.25, 0.3) is 0 Å². The minimum atomic E-state index is 0.357. The van der Waals surface area contributed by atoms with E-state index in [1.807, 2.05) is 18.2 Å². The molecule has 0 aliphatic heterocycles. The maximum Gasteiger partial charge on any atom is 0.123 e. The van der Waals surface area contributed by atoms with Crippen molar-refractivity contribution in [2.45, 2.75) is 32.2 Å². The lowest BCUT2D eigenvalue weighted by atomic mass is 10.1. The predicted octanol–water partition coefficient (Wildman–Crippen LogP) is 4.15. The van der Waals surface area contributed by atoms with E-state index in [1.54, 1.807) is 6.07 Å². The van der Waals surface area contributed by atoms with Gasteiger partial charge in [0.15, 0.2) is 0 Å². The summed E-state index contributed by atoms with van der Waals surface area (Å²) in [5.41, 5.74) is 1.14. The van der Waals surface area contributed by atoms with Gasteiger partial charge in [0.2, 0.25) is 0 Å². The molecule has 1 unspecified atom stereocenters. The molecule has 94 valence electrons. The summed E-state index contributed by atoms with van der Waals surface area (Å²) in [6.45, 7) is 2.23. The molecule has 1 aliphatic rings. The molecule has 2 aromatic carbocycles. The zero-order valence-corrected chi connectivity index (χ0v) is 10.7. The Balaban J connectivity index is 1.98. The number of rotatable bonds is 4. The minimum absolute atomic E-state index is 0.357. The predicted molar refractivity (Wildman–Crippen MR) is 76.0 cm³/mol. The fraction of sp³-hybridized carbons (Fsp3) is 0.375. The standard InChI is InChI=1S/C16H19NO/c1-2-14(11-9-10-11)17-15-7-3-6-13-12(15)5-4-8-16(13)18/h3-8,11,14,17-18H,2,9-10H2,1H3. The van der Waals surface area contributed by atoms with Crippen LogP contribution in [0.1, 0.15) is 26.2 Å². The van der Waals surface area contributed by atoms with Crippen LogP contribution >= 0.6 is 0 Å². The van der Waals surface area contributed by atoms with Gasteiger partial charge in [0.1, 0.15) is 5.75 Å². The average Bonchev–Trinajstić information content (AvgIpc) is 3.21. The van der Waals surface area contributed by atoms with E-state index in [2.05, 4.69) is 24.4 Å². The van der Waals surface area contributed by atoms with Gasteiger partial charge < -0.3 is 10.4 Å². The first-order chi connectivity index (χ1) is 8.79. The van der Waals surface area contributed by atoms with Gasteiger partial charge in [-0.05, 0) is 37.3 Å². The van der Waals surface area contributed by atoms with Crippen molar-refractivity contribution >= 4 is 16.5 Å². The third kappa shape index (κ3) is 2.03. The van der Waals surface area contributed by atoms with Crippen LogP contribution in [0.25, 0.3) is 10.8 Å². The van der Waals surface area contributed by atoms with E-state index in [9.17, 15) is 5.11 Å². The first kappa shape index (κ1) is 11.4. The van der Waals surface area contributed by atoms with E-state index in [0.717, 1.165) is 28.8 Å². The highest BCUT2D eigenvalue weighted by atomic mass is 16.3. The largest absolute Gasteiger partial charge is 0.507 e. The molecule has 0 heterocycles. The second-order valence-corrected chi connectivity index (χ2v) is 5.17. The van der Waals surface area contributed by atoms with Crippen LogP contribution in [-0.2, 0) is 0 Å². The lowest BCUT2D eigenvalue weighted by Crippen LogP contribution is -2.20. The van der Waals surface area contributed by atoms with Gasteiger partial charge in [-0.1, -0.05) is 31.2 Å². The van der Waals surface area contributed by atoms with Gasteiger partial charge in [-0.2, -0.15) is 0 Å². The Hall–Kier alpha value is -1.70. The number of benzene rings is 2. The van der Waals surface area contributed by atoms with Crippen molar-refractivity contribution in [1.29, 1.82) is 0 Å². The number of phenolic OH excluding ortho intramolecular Hbond substituents is 1. The van der Waals surface area contributed by atoms with Crippen molar-refractivity contribution in [2.75, 3.05) is 5.32 Å². The Morgan fingerprint density at radius 1 is 1.17 bits per heavy atom. The van der Waals surface area contributed by atoms with E-state index >= 15 is 0 Å². The Morgan fingerprint density at radius 2 is 1.89 bits per heavy atom. The average molecular weight is 241 g/mol. The molecule has 1 saturated carbocycles. The molecule has 2 nitrogen and oxygen atoms in total. The molecular formula is C16H19NO. The van der Waals surface area contributed by atoms with E-state index in [-0.39, 0.29) is 0 Å². The Kier molecular flexibility index (Phi) is 2.86. The minimum Gasteiger partial charge on any atom is -0.507 e. The highest BCUT2D eigenvalue weighted by Gasteiger charge is 2.29. The molecule has 0 amide bonds. The molecule has 0 bridgehead atoms. The summed E-state index contributed by atoms with van der Waals surface area (Å²) >= 11 is 0. The van der Waals surface area contributed by atoms with E-state index < -0.39 is 0 Å². The first-order valence-electron chi connectivity index (χ1n) is 6.77. The van der Waals surface area contributed by atoms with Crippen LogP contribution in [0.4, 0.5) is 5.69 Å². The smallest absolute Gasteiger partial charge is 0.123 e. The number of aromatic hydroxyl groups is 1. The molecule has 2 heteroatoms. The number of hydrogen-bond acceptors (Lipinski definition) is 2. The van der Waals surface area contributed by atoms with Gasteiger partial charge in [-0.3, -0.25) is 0 Å². The molecule has 1 fully saturated rings. The van der Waals surface area contributed by atoms with Crippen LogP contribution in [-0.4, -0.2) is 11.1 Å². The Labute approximate surface area is 108 Å². The van der Waals surface area contributed by atoms with Crippen molar-refractivity contribution in [3.05, 3.63) is 36.4 Å². The van der Waals surface area contributed by atoms with Crippen molar-refractivity contribution < 1.29 is 5.11 Å². The van der Waals surface area contributed by atoms with Gasteiger partial charge in [0.05, 0.1) is 0 Å². The van der Waals surface area contributed by atoms with E-state index in [4.69, 9.17) is 0 Å². The van der Waals surface area contributed by atoms with Gasteiger partial charge >= 0.3 is 0 Å². The van der Waals surface area contributed by atoms with Crippen LogP contribution in [0, 0.1) is 5.92 Å². The maximum absolute atomic E-state index is 9.88. The van der Waals surface area contributed by atoms with Gasteiger partial charge in [-0.15, -0.1) is 0 Å². The van der Waals surface area contributed by atoms with Crippen molar-refractivity contribution in [1.82, 2.24) is 0 Å². The van der Waals surface area contributed by atoms with Crippen molar-refractivity contribution in [2.24, 2.45) is 5.92 Å². The van der Waals surface area contributed by atoms with Crippen molar-refractivity contribution in [3.8, 4) is 5.75 Å². The summed E-state index contributed by atoms with van der Waals surface area (Å²) < 4.78 is 0. The molecule has 1 aliphatic carbocycles. The fourth-order valence-electron chi connectivity index (χ4n) is 2.67. The number of hydrogen-bond donors (Lipinski definition) is 2. The van der Waals surface area contributed by atoms with Gasteiger partial charge in [-0.25, -0.2) is 0 Å². The van der Waals surface area contributed by atoms with Crippen LogP contribution in [0.15, 0.2) is 36.4 Å². The lowest BCUT2D eigenvalue weighted by Gasteiger charge is -2.19. The summed E-state index contributed by atoms with van der Waals surface area (Å²) in [6, 6.07) is 12.4. The summed E-state index contributed by atoms with van der Waals surface area (Å²) in [7, 11) is 0. The van der Waals surface area contributed by atoms with E-state index in [1.165, 1.54) is 12.8 Å². The third-order valence-electron chi connectivity index (χ3n) is 3.87. The molecule has 2 N–H and O–H groups in total. The molecule has 3 rings (SSSR count). The highest BCUT2D eigenvalue weighted by molar-refractivity contribution is 5.97. The SMILES string of the molecule is CCC(Nc1cccc2c(O)cccc12)C1CC1. The molecule has 0 aromatic heterocycles. The quantitative estimate of drug-likeness (QED) is 0.843. The summed E-state index contributed by atoms with van der Waals surface area (Å²) in [5.74, 6) is 1.19. The van der Waals surface area contributed by atoms with Crippen molar-refractivity contribution in [3.63, 3.8) is 0 Å². The maximum atomic E-state index is 9.88. The van der Waals surface area contributed by atoms with Crippen LogP contribution < -0.4 is 5.32 Å². The second-order valence-electron chi connectivity index (χ2n) is 5.17. The van der Waals surface area contributed by atoms with E-state index in [0.29, 0.717) is 11.8 Å². The second kappa shape index (κ2) is 4.52. The molecule has 1 atom stereocenters. The number of fused-ring (bicyclic) bond motifs is 1. The topological polar surface area (TPSA) is 32.3 Å². The molecule has 2 aromatic rings. The van der Waals surface area contributed by atoms with Crippen LogP contribution in [0.5, 0.6) is 5.75 Å². The number of nitrogens with one attached hydrogen (secondary N) is 1. The molecular weight excluding hydrogens is 222 g/mol. The zero-order valence-electron chi connectivity index (χ0n) is 10.7. The lowest BCUT2D eigenvalue weighted by molar-refractivity contribution is 0.481. The normalized spacial score (nSPS) is 16.7. The highest BCUT2D eigenvalue weighted by Crippen LogP contribution is 2.37. The zero-order chi connectivity index (χ0) is 12.5. The molecule has 18 heavy (non-hydrogen) atoms. The third-order valence-corrected chi connectivity index (χ3v) is 3.87. The fourth-order valence-corrected chi connectivity index (χ4v) is 2.67. The van der Waals surface area contributed by atoms with Crippen LogP contribution in [0.3, 0.4) is 0 Å². The molecule has 0 spiro atoms. The van der Waals surface area contributed by atoms with Gasteiger partial charge in [0, 0.05) is 22.5 Å².